The van der Waals surface area contributed by atoms with Crippen molar-refractivity contribution in [2.75, 3.05) is 6.54 Å². The lowest BCUT2D eigenvalue weighted by Crippen LogP contribution is -2.26. The van der Waals surface area contributed by atoms with Gasteiger partial charge in [-0.3, -0.25) is 9.89 Å². The summed E-state index contributed by atoms with van der Waals surface area (Å²) in [4.78, 5) is 12.0. The molecule has 1 amide bonds. The van der Waals surface area contributed by atoms with Crippen LogP contribution >= 0.6 is 0 Å². The summed E-state index contributed by atoms with van der Waals surface area (Å²) in [6.07, 6.45) is -0.468. The molecule has 1 aromatic carbocycles. The molecule has 5 nitrogen and oxygen atoms in total. The number of alkyl halides is 2. The Morgan fingerprint density at radius 3 is 2.64 bits per heavy atom. The summed E-state index contributed by atoms with van der Waals surface area (Å²) in [5.41, 5.74) is 0.652. The molecule has 0 bridgehead atoms. The fraction of sp³-hybridized carbons (Fsp3) is 0.222. The minimum Gasteiger partial charge on any atom is -0.469 e. The standard InChI is InChI=1S/C18H17F2N3O2/c19-17(20)14-11-15(23-22-14)18(24)21-9-8-13(16-7-4-10-25-16)12-5-2-1-3-6-12/h1-7,10-11,13,17H,8-9H2,(H,21,24)(H,22,23)/t13-/m1/s1. The van der Waals surface area contributed by atoms with E-state index in [0.29, 0.717) is 13.0 Å². The molecule has 1 atom stereocenters. The van der Waals surface area contributed by atoms with Gasteiger partial charge in [0.2, 0.25) is 0 Å². The number of amides is 1. The van der Waals surface area contributed by atoms with Gasteiger partial charge in [-0.1, -0.05) is 30.3 Å². The molecule has 0 spiro atoms. The van der Waals surface area contributed by atoms with E-state index in [0.717, 1.165) is 17.4 Å². The molecule has 2 N–H and O–H groups in total. The van der Waals surface area contributed by atoms with Crippen LogP contribution in [0.4, 0.5) is 8.78 Å². The van der Waals surface area contributed by atoms with Gasteiger partial charge in [0.1, 0.15) is 17.1 Å². The lowest BCUT2D eigenvalue weighted by atomic mass is 9.93. The molecule has 0 aliphatic rings. The van der Waals surface area contributed by atoms with Gasteiger partial charge >= 0.3 is 0 Å². The van der Waals surface area contributed by atoms with Crippen molar-refractivity contribution in [2.24, 2.45) is 0 Å². The monoisotopic (exact) mass is 345 g/mol. The van der Waals surface area contributed by atoms with Gasteiger partial charge in [-0.25, -0.2) is 8.78 Å². The topological polar surface area (TPSA) is 70.9 Å². The van der Waals surface area contributed by atoms with E-state index in [4.69, 9.17) is 4.42 Å². The van der Waals surface area contributed by atoms with Crippen molar-refractivity contribution in [3.05, 3.63) is 77.5 Å². The second-order valence-corrected chi connectivity index (χ2v) is 5.53. The first kappa shape index (κ1) is 16.9. The first-order valence-corrected chi connectivity index (χ1v) is 7.85. The minimum absolute atomic E-state index is 0.00712. The Hall–Kier alpha value is -2.96. The number of aromatic amines is 1. The Kier molecular flexibility index (Phi) is 5.23. The van der Waals surface area contributed by atoms with E-state index in [2.05, 4.69) is 15.5 Å². The van der Waals surface area contributed by atoms with Crippen molar-refractivity contribution < 1.29 is 18.0 Å². The van der Waals surface area contributed by atoms with Gasteiger partial charge in [-0.2, -0.15) is 5.10 Å². The number of halogens is 2. The van der Waals surface area contributed by atoms with Crippen LogP contribution < -0.4 is 5.32 Å². The lowest BCUT2D eigenvalue weighted by Gasteiger charge is -2.15. The van der Waals surface area contributed by atoms with Crippen LogP contribution in [-0.2, 0) is 0 Å². The van der Waals surface area contributed by atoms with E-state index in [9.17, 15) is 13.6 Å². The van der Waals surface area contributed by atoms with Crippen molar-refractivity contribution in [3.63, 3.8) is 0 Å². The normalized spacial score (nSPS) is 12.3. The van der Waals surface area contributed by atoms with Gasteiger partial charge in [0, 0.05) is 12.5 Å². The number of benzene rings is 1. The van der Waals surface area contributed by atoms with Crippen LogP contribution in [0.5, 0.6) is 0 Å². The first-order chi connectivity index (χ1) is 12.1. The summed E-state index contributed by atoms with van der Waals surface area (Å²) >= 11 is 0. The number of carbonyl (C=O) groups excluding carboxylic acids is 1. The minimum atomic E-state index is -2.68. The third-order valence-corrected chi connectivity index (χ3v) is 3.87. The molecular formula is C18H17F2N3O2. The van der Waals surface area contributed by atoms with Crippen molar-refractivity contribution in [1.29, 1.82) is 0 Å². The van der Waals surface area contributed by atoms with Crippen LogP contribution in [0.25, 0.3) is 0 Å². The molecule has 3 aromatic rings. The van der Waals surface area contributed by atoms with Gasteiger partial charge in [-0.05, 0) is 30.2 Å². The van der Waals surface area contributed by atoms with E-state index in [1.54, 1.807) is 6.26 Å². The Bertz CT molecular complexity index is 801. The molecular weight excluding hydrogens is 328 g/mol. The number of hydrogen-bond acceptors (Lipinski definition) is 3. The number of aromatic nitrogens is 2. The smallest absolute Gasteiger partial charge is 0.279 e. The van der Waals surface area contributed by atoms with E-state index in [1.807, 2.05) is 42.5 Å². The zero-order valence-electron chi connectivity index (χ0n) is 13.3. The number of nitrogens with one attached hydrogen (secondary N) is 2. The molecule has 0 radical (unpaired) electrons. The maximum absolute atomic E-state index is 12.5. The van der Waals surface area contributed by atoms with Crippen LogP contribution in [-0.4, -0.2) is 22.6 Å². The largest absolute Gasteiger partial charge is 0.469 e. The van der Waals surface area contributed by atoms with Gasteiger partial charge < -0.3 is 9.73 Å². The molecule has 130 valence electrons. The van der Waals surface area contributed by atoms with Crippen LogP contribution in [0, 0.1) is 0 Å². The first-order valence-electron chi connectivity index (χ1n) is 7.85. The maximum atomic E-state index is 12.5. The third-order valence-electron chi connectivity index (χ3n) is 3.87. The highest BCUT2D eigenvalue weighted by Crippen LogP contribution is 2.27. The second-order valence-electron chi connectivity index (χ2n) is 5.53. The number of rotatable bonds is 7. The van der Waals surface area contributed by atoms with Crippen molar-refractivity contribution in [2.45, 2.75) is 18.8 Å². The van der Waals surface area contributed by atoms with Crippen molar-refractivity contribution in [1.82, 2.24) is 15.5 Å². The summed E-state index contributed by atoms with van der Waals surface area (Å²) in [7, 11) is 0. The van der Waals surface area contributed by atoms with Gasteiger partial charge in [0.25, 0.3) is 12.3 Å². The molecule has 0 aliphatic heterocycles. The van der Waals surface area contributed by atoms with E-state index in [-0.39, 0.29) is 17.3 Å². The van der Waals surface area contributed by atoms with Crippen molar-refractivity contribution >= 4 is 5.91 Å². The molecule has 0 saturated carbocycles. The molecule has 3 rings (SSSR count). The molecule has 0 unspecified atom stereocenters. The van der Waals surface area contributed by atoms with E-state index < -0.39 is 12.3 Å². The number of nitrogens with zero attached hydrogens (tertiary/aromatic N) is 1. The summed E-state index contributed by atoms with van der Waals surface area (Å²) in [5.74, 6) is 0.307. The highest BCUT2D eigenvalue weighted by Gasteiger charge is 2.19. The number of H-pyrrole nitrogens is 1. The fourth-order valence-corrected chi connectivity index (χ4v) is 2.63. The van der Waals surface area contributed by atoms with Crippen molar-refractivity contribution in [3.8, 4) is 0 Å². The molecule has 0 fully saturated rings. The Morgan fingerprint density at radius 1 is 1.20 bits per heavy atom. The Balaban J connectivity index is 1.62. The highest BCUT2D eigenvalue weighted by molar-refractivity contribution is 5.92. The molecule has 2 aromatic heterocycles. The predicted molar refractivity (Wildman–Crippen MR) is 87.5 cm³/mol. The number of furan rings is 1. The average molecular weight is 345 g/mol. The summed E-state index contributed by atoms with van der Waals surface area (Å²) < 4.78 is 30.6. The molecule has 2 heterocycles. The molecule has 0 saturated heterocycles. The number of hydrogen-bond donors (Lipinski definition) is 2. The van der Waals surface area contributed by atoms with Gasteiger partial charge in [0.05, 0.1) is 6.26 Å². The second kappa shape index (κ2) is 7.74. The summed E-state index contributed by atoms with van der Waals surface area (Å²) in [6, 6.07) is 14.6. The molecule has 0 aliphatic carbocycles. The van der Waals surface area contributed by atoms with Gasteiger partial charge in [-0.15, -0.1) is 0 Å². The summed E-state index contributed by atoms with van der Waals surface area (Å²) in [6.45, 7) is 0.357. The van der Waals surface area contributed by atoms with Crippen LogP contribution in [0.3, 0.4) is 0 Å². The van der Waals surface area contributed by atoms with Crippen LogP contribution in [0.1, 0.15) is 46.3 Å². The zero-order chi connectivity index (χ0) is 17.6. The van der Waals surface area contributed by atoms with Gasteiger partial charge in [0.15, 0.2) is 0 Å². The molecule has 25 heavy (non-hydrogen) atoms. The average Bonchev–Trinajstić information content (AvgIpc) is 3.31. The maximum Gasteiger partial charge on any atom is 0.279 e. The predicted octanol–water partition coefficient (Wildman–Crippen LogP) is 3.89. The van der Waals surface area contributed by atoms with Crippen LogP contribution in [0.2, 0.25) is 0 Å². The fourth-order valence-electron chi connectivity index (χ4n) is 2.63. The van der Waals surface area contributed by atoms with E-state index in [1.165, 1.54) is 0 Å². The lowest BCUT2D eigenvalue weighted by molar-refractivity contribution is 0.0947. The number of carbonyl (C=O) groups is 1. The SMILES string of the molecule is O=C(NCC[C@H](c1ccccc1)c1ccco1)c1cc(C(F)F)[nH]n1. The van der Waals surface area contributed by atoms with E-state index >= 15 is 0 Å². The quantitative estimate of drug-likeness (QED) is 0.682. The highest BCUT2D eigenvalue weighted by atomic mass is 19.3. The summed E-state index contributed by atoms with van der Waals surface area (Å²) in [5, 5.41) is 8.47. The zero-order valence-corrected chi connectivity index (χ0v) is 13.3. The third kappa shape index (κ3) is 4.12. The Labute approximate surface area is 143 Å². The Morgan fingerprint density at radius 2 is 2.00 bits per heavy atom. The van der Waals surface area contributed by atoms with Crippen LogP contribution in [0.15, 0.2) is 59.2 Å². The molecule has 7 heteroatoms.